The molecule has 0 radical (unpaired) electrons. The summed E-state index contributed by atoms with van der Waals surface area (Å²) in [4.78, 5) is 28.4. The molecule has 2 amide bonds. The Morgan fingerprint density at radius 2 is 1.79 bits per heavy atom. The summed E-state index contributed by atoms with van der Waals surface area (Å²) in [7, 11) is 0. The van der Waals surface area contributed by atoms with Gasteiger partial charge >= 0.3 is 0 Å². The zero-order chi connectivity index (χ0) is 21.2. The molecule has 0 spiro atoms. The number of hydrogen-bond acceptors (Lipinski definition) is 3. The van der Waals surface area contributed by atoms with Gasteiger partial charge in [0, 0.05) is 35.2 Å². The molecule has 6 heteroatoms. The van der Waals surface area contributed by atoms with Crippen LogP contribution in [-0.4, -0.2) is 35.1 Å². The van der Waals surface area contributed by atoms with Gasteiger partial charge in [0.1, 0.15) is 6.04 Å². The zero-order valence-corrected chi connectivity index (χ0v) is 18.8. The van der Waals surface area contributed by atoms with E-state index in [2.05, 4.69) is 5.32 Å². The van der Waals surface area contributed by atoms with Gasteiger partial charge in [-0.3, -0.25) is 9.59 Å². The van der Waals surface area contributed by atoms with Crippen LogP contribution in [0.2, 0.25) is 5.02 Å². The lowest BCUT2D eigenvalue weighted by Crippen LogP contribution is -2.48. The summed E-state index contributed by atoms with van der Waals surface area (Å²) in [5.41, 5.74) is 0.907. The third-order valence-electron chi connectivity index (χ3n) is 4.42. The number of carbonyl (C=O) groups is 2. The average molecular weight is 433 g/mol. The largest absolute Gasteiger partial charge is 0.354 e. The van der Waals surface area contributed by atoms with Gasteiger partial charge in [-0.2, -0.15) is 0 Å². The lowest BCUT2D eigenvalue weighted by Gasteiger charge is -2.29. The van der Waals surface area contributed by atoms with Crippen molar-refractivity contribution in [3.8, 4) is 0 Å². The first-order valence-corrected chi connectivity index (χ1v) is 11.2. The molecule has 4 nitrogen and oxygen atoms in total. The quantitative estimate of drug-likeness (QED) is 0.537. The number of halogens is 1. The van der Waals surface area contributed by atoms with Crippen LogP contribution in [0.15, 0.2) is 59.5 Å². The molecule has 0 fully saturated rings. The van der Waals surface area contributed by atoms with Crippen LogP contribution in [0.4, 0.5) is 0 Å². The fourth-order valence-electron chi connectivity index (χ4n) is 2.78. The molecule has 2 aromatic carbocycles. The highest BCUT2D eigenvalue weighted by Crippen LogP contribution is 2.20. The second-order valence-electron chi connectivity index (χ2n) is 7.38. The summed E-state index contributed by atoms with van der Waals surface area (Å²) in [5.74, 6) is 0.839. The fourth-order valence-corrected chi connectivity index (χ4v) is 3.86. The van der Waals surface area contributed by atoms with Gasteiger partial charge in [-0.15, -0.1) is 11.8 Å². The monoisotopic (exact) mass is 432 g/mol. The van der Waals surface area contributed by atoms with Crippen molar-refractivity contribution in [2.45, 2.75) is 44.7 Å². The Hall–Kier alpha value is -1.98. The van der Waals surface area contributed by atoms with Crippen molar-refractivity contribution in [3.63, 3.8) is 0 Å². The second kappa shape index (κ2) is 11.9. The topological polar surface area (TPSA) is 49.4 Å². The Balaban J connectivity index is 2.05. The molecule has 0 aliphatic carbocycles. The van der Waals surface area contributed by atoms with Crippen molar-refractivity contribution in [1.82, 2.24) is 10.2 Å². The molecule has 0 unspecified atom stereocenters. The number of amides is 2. The lowest BCUT2D eigenvalue weighted by molar-refractivity contribution is -0.140. The Morgan fingerprint density at radius 3 is 2.45 bits per heavy atom. The lowest BCUT2D eigenvalue weighted by atomic mass is 10.1. The normalized spacial score (nSPS) is 11.9. The summed E-state index contributed by atoms with van der Waals surface area (Å²) in [6.45, 7) is 6.81. The van der Waals surface area contributed by atoms with Crippen molar-refractivity contribution in [1.29, 1.82) is 0 Å². The SMILES string of the molecule is CC(C)CNC(=O)[C@@H](C)N(Cc1cccc(Cl)c1)C(=O)CCSc1ccccc1. The van der Waals surface area contributed by atoms with E-state index in [4.69, 9.17) is 11.6 Å². The highest BCUT2D eigenvalue weighted by atomic mass is 35.5. The summed E-state index contributed by atoms with van der Waals surface area (Å²) in [5, 5.41) is 3.55. The van der Waals surface area contributed by atoms with Gasteiger partial charge in [0.25, 0.3) is 0 Å². The molecule has 0 aromatic heterocycles. The number of hydrogen-bond donors (Lipinski definition) is 1. The number of benzene rings is 2. The van der Waals surface area contributed by atoms with Crippen LogP contribution in [0.3, 0.4) is 0 Å². The highest BCUT2D eigenvalue weighted by Gasteiger charge is 2.26. The summed E-state index contributed by atoms with van der Waals surface area (Å²) < 4.78 is 0. The summed E-state index contributed by atoms with van der Waals surface area (Å²) >= 11 is 7.74. The van der Waals surface area contributed by atoms with Crippen molar-refractivity contribution in [2.24, 2.45) is 5.92 Å². The minimum Gasteiger partial charge on any atom is -0.354 e. The molecule has 2 aromatic rings. The van der Waals surface area contributed by atoms with E-state index in [1.54, 1.807) is 29.7 Å². The molecule has 0 saturated carbocycles. The third-order valence-corrected chi connectivity index (χ3v) is 5.67. The molecule has 29 heavy (non-hydrogen) atoms. The van der Waals surface area contributed by atoms with Crippen LogP contribution in [0.1, 0.15) is 32.8 Å². The molecule has 2 rings (SSSR count). The maximum Gasteiger partial charge on any atom is 0.242 e. The maximum absolute atomic E-state index is 13.0. The third kappa shape index (κ3) is 8.11. The van der Waals surface area contributed by atoms with Crippen molar-refractivity contribution < 1.29 is 9.59 Å². The minimum absolute atomic E-state index is 0.0411. The van der Waals surface area contributed by atoms with Gasteiger partial charge in [-0.25, -0.2) is 0 Å². The average Bonchev–Trinajstić information content (AvgIpc) is 2.70. The van der Waals surface area contributed by atoms with Crippen LogP contribution in [0.25, 0.3) is 0 Å². The first-order valence-electron chi connectivity index (χ1n) is 9.86. The van der Waals surface area contributed by atoms with E-state index in [1.165, 1.54) is 0 Å². The van der Waals surface area contributed by atoms with Gasteiger partial charge < -0.3 is 10.2 Å². The Bertz CT molecular complexity index is 798. The fraction of sp³-hybridized carbons (Fsp3) is 0.391. The minimum atomic E-state index is -0.554. The molecule has 0 saturated heterocycles. The summed E-state index contributed by atoms with van der Waals surface area (Å²) in [6, 6.07) is 16.8. The highest BCUT2D eigenvalue weighted by molar-refractivity contribution is 7.99. The van der Waals surface area contributed by atoms with Crippen molar-refractivity contribution in [2.75, 3.05) is 12.3 Å². The Morgan fingerprint density at radius 1 is 1.07 bits per heavy atom. The Kier molecular flexibility index (Phi) is 9.55. The van der Waals surface area contributed by atoms with Gasteiger partial charge in [0.05, 0.1) is 0 Å². The van der Waals surface area contributed by atoms with Gasteiger partial charge in [-0.05, 0) is 42.7 Å². The predicted molar refractivity (Wildman–Crippen MR) is 121 cm³/mol. The molecule has 1 atom stereocenters. The van der Waals surface area contributed by atoms with Crippen LogP contribution in [0.5, 0.6) is 0 Å². The van der Waals surface area contributed by atoms with Crippen LogP contribution >= 0.6 is 23.4 Å². The van der Waals surface area contributed by atoms with E-state index < -0.39 is 6.04 Å². The van der Waals surface area contributed by atoms with E-state index in [0.717, 1.165) is 10.5 Å². The zero-order valence-electron chi connectivity index (χ0n) is 17.2. The molecule has 0 heterocycles. The van der Waals surface area contributed by atoms with Gasteiger partial charge in [0.2, 0.25) is 11.8 Å². The molecule has 156 valence electrons. The predicted octanol–water partition coefficient (Wildman–Crippen LogP) is 5.01. The van der Waals surface area contributed by atoms with E-state index in [9.17, 15) is 9.59 Å². The number of thioether (sulfide) groups is 1. The molecule has 0 aliphatic heterocycles. The first-order chi connectivity index (χ1) is 13.9. The molecule has 0 aliphatic rings. The molecule has 0 bridgehead atoms. The number of nitrogens with zero attached hydrogens (tertiary/aromatic N) is 1. The standard InChI is InChI=1S/C23H29ClN2O2S/c1-17(2)15-25-23(28)18(3)26(16-19-8-7-9-20(24)14-19)22(27)12-13-29-21-10-5-4-6-11-21/h4-11,14,17-18H,12-13,15-16H2,1-3H3,(H,25,28)/t18-/m1/s1. The molecular weight excluding hydrogens is 404 g/mol. The first kappa shape index (κ1) is 23.3. The maximum atomic E-state index is 13.0. The van der Waals surface area contributed by atoms with Crippen LogP contribution < -0.4 is 5.32 Å². The van der Waals surface area contributed by atoms with E-state index >= 15 is 0 Å². The number of nitrogens with one attached hydrogen (secondary N) is 1. The van der Waals surface area contributed by atoms with Crippen LogP contribution in [0, 0.1) is 5.92 Å². The van der Waals surface area contributed by atoms with Gasteiger partial charge in [-0.1, -0.05) is 55.8 Å². The number of carbonyl (C=O) groups excluding carboxylic acids is 2. The van der Waals surface area contributed by atoms with E-state index in [0.29, 0.717) is 36.2 Å². The number of rotatable bonds is 10. The van der Waals surface area contributed by atoms with Crippen molar-refractivity contribution in [3.05, 3.63) is 65.2 Å². The molecular formula is C23H29ClN2O2S. The van der Waals surface area contributed by atoms with E-state index in [-0.39, 0.29) is 11.8 Å². The van der Waals surface area contributed by atoms with Gasteiger partial charge in [0.15, 0.2) is 0 Å². The van der Waals surface area contributed by atoms with Crippen molar-refractivity contribution >= 4 is 35.2 Å². The van der Waals surface area contributed by atoms with E-state index in [1.807, 2.05) is 62.4 Å². The Labute approximate surface area is 183 Å². The molecule has 1 N–H and O–H groups in total. The second-order valence-corrected chi connectivity index (χ2v) is 8.98. The smallest absolute Gasteiger partial charge is 0.242 e. The van der Waals surface area contributed by atoms with Crippen LogP contribution in [-0.2, 0) is 16.1 Å². The summed E-state index contributed by atoms with van der Waals surface area (Å²) in [6.07, 6.45) is 0.363.